The quantitative estimate of drug-likeness (QED) is 0.666. The predicted octanol–water partition coefficient (Wildman–Crippen LogP) is 3.65. The van der Waals surface area contributed by atoms with Crippen LogP contribution in [0, 0.1) is 22.7 Å². The second-order valence-corrected chi connectivity index (χ2v) is 4.32. The summed E-state index contributed by atoms with van der Waals surface area (Å²) in [5.41, 5.74) is 2.89. The first-order valence-electron chi connectivity index (χ1n) is 6.13. The number of nitrogens with zero attached hydrogens (tertiary/aromatic N) is 3. The van der Waals surface area contributed by atoms with Crippen LogP contribution in [-0.4, -0.2) is 4.98 Å². The molecule has 3 heteroatoms. The fourth-order valence-electron chi connectivity index (χ4n) is 2.29. The van der Waals surface area contributed by atoms with Gasteiger partial charge in [0.15, 0.2) is 0 Å². The van der Waals surface area contributed by atoms with Crippen molar-refractivity contribution in [1.29, 1.82) is 10.5 Å². The first-order chi connectivity index (χ1) is 9.85. The number of para-hydroxylation sites is 1. The van der Waals surface area contributed by atoms with E-state index in [4.69, 9.17) is 0 Å². The maximum atomic E-state index is 9.51. The van der Waals surface area contributed by atoms with Crippen molar-refractivity contribution in [1.82, 2.24) is 4.98 Å². The van der Waals surface area contributed by atoms with Crippen LogP contribution in [0.5, 0.6) is 0 Å². The van der Waals surface area contributed by atoms with Crippen LogP contribution in [0.3, 0.4) is 0 Å². The summed E-state index contributed by atoms with van der Waals surface area (Å²) in [5, 5.41) is 19.6. The van der Waals surface area contributed by atoms with Gasteiger partial charge < -0.3 is 0 Å². The summed E-state index contributed by atoms with van der Waals surface area (Å²) in [6.07, 6.45) is 0. The fraction of sp³-hybridized carbons (Fsp3) is 0. The molecule has 3 rings (SSSR count). The Morgan fingerprint density at radius 2 is 1.50 bits per heavy atom. The summed E-state index contributed by atoms with van der Waals surface area (Å²) in [4.78, 5) is 4.37. The number of rotatable bonds is 1. The summed E-state index contributed by atoms with van der Waals surface area (Å²) < 4.78 is 0. The standard InChI is InChI=1S/C17H9N3/c18-10-14-13-8-4-5-9-15(13)20-16(11-19)17(14)12-6-2-1-3-7-12/h1-9H. The molecule has 0 fully saturated rings. The molecule has 0 atom stereocenters. The van der Waals surface area contributed by atoms with Gasteiger partial charge in [-0.1, -0.05) is 48.5 Å². The highest BCUT2D eigenvalue weighted by atomic mass is 14.7. The molecule has 1 aromatic heterocycles. The van der Waals surface area contributed by atoms with Gasteiger partial charge >= 0.3 is 0 Å². The fourth-order valence-corrected chi connectivity index (χ4v) is 2.29. The van der Waals surface area contributed by atoms with E-state index >= 15 is 0 Å². The highest BCUT2D eigenvalue weighted by molar-refractivity contribution is 5.93. The minimum absolute atomic E-state index is 0.284. The zero-order valence-electron chi connectivity index (χ0n) is 10.5. The van der Waals surface area contributed by atoms with Gasteiger partial charge in [-0.05, 0) is 11.6 Å². The minimum Gasteiger partial charge on any atom is -0.236 e. The molecule has 2 aromatic carbocycles. The second-order valence-electron chi connectivity index (χ2n) is 4.32. The molecular formula is C17H9N3. The number of hydrogen-bond acceptors (Lipinski definition) is 3. The average molecular weight is 255 g/mol. The zero-order valence-corrected chi connectivity index (χ0v) is 10.5. The predicted molar refractivity (Wildman–Crippen MR) is 76.6 cm³/mol. The largest absolute Gasteiger partial charge is 0.236 e. The van der Waals surface area contributed by atoms with Crippen molar-refractivity contribution in [2.45, 2.75) is 0 Å². The molecule has 0 radical (unpaired) electrons. The van der Waals surface area contributed by atoms with E-state index in [0.717, 1.165) is 10.9 Å². The Kier molecular flexibility index (Phi) is 2.88. The molecule has 0 aliphatic carbocycles. The maximum absolute atomic E-state index is 9.51. The monoisotopic (exact) mass is 255 g/mol. The molecule has 0 saturated heterocycles. The molecule has 92 valence electrons. The van der Waals surface area contributed by atoms with E-state index in [1.807, 2.05) is 54.6 Å². The van der Waals surface area contributed by atoms with Crippen LogP contribution < -0.4 is 0 Å². The van der Waals surface area contributed by atoms with Gasteiger partial charge in [-0.2, -0.15) is 10.5 Å². The molecule has 3 aromatic rings. The highest BCUT2D eigenvalue weighted by Gasteiger charge is 2.15. The van der Waals surface area contributed by atoms with Crippen LogP contribution in [0.15, 0.2) is 54.6 Å². The molecule has 1 heterocycles. The van der Waals surface area contributed by atoms with E-state index in [1.54, 1.807) is 0 Å². The minimum atomic E-state index is 0.284. The normalized spacial score (nSPS) is 9.90. The zero-order chi connectivity index (χ0) is 13.9. The van der Waals surface area contributed by atoms with Crippen LogP contribution in [0.1, 0.15) is 11.3 Å². The first-order valence-corrected chi connectivity index (χ1v) is 6.13. The Balaban J connectivity index is 2.48. The molecule has 0 saturated carbocycles. The van der Waals surface area contributed by atoms with Crippen LogP contribution >= 0.6 is 0 Å². The number of pyridine rings is 1. The topological polar surface area (TPSA) is 60.5 Å². The van der Waals surface area contributed by atoms with Gasteiger partial charge in [-0.15, -0.1) is 0 Å². The molecule has 0 bridgehead atoms. The molecule has 3 nitrogen and oxygen atoms in total. The van der Waals surface area contributed by atoms with Crippen molar-refractivity contribution in [2.75, 3.05) is 0 Å². The summed E-state index contributed by atoms with van der Waals surface area (Å²) in [7, 11) is 0. The van der Waals surface area contributed by atoms with Gasteiger partial charge in [0.2, 0.25) is 0 Å². The third kappa shape index (κ3) is 1.79. The lowest BCUT2D eigenvalue weighted by atomic mass is 9.95. The van der Waals surface area contributed by atoms with Crippen molar-refractivity contribution in [2.24, 2.45) is 0 Å². The van der Waals surface area contributed by atoms with Gasteiger partial charge in [0, 0.05) is 10.9 Å². The van der Waals surface area contributed by atoms with Crippen LogP contribution in [0.2, 0.25) is 0 Å². The van der Waals surface area contributed by atoms with Gasteiger partial charge in [-0.3, -0.25) is 0 Å². The smallest absolute Gasteiger partial charge is 0.150 e. The Hall–Kier alpha value is -3.17. The van der Waals surface area contributed by atoms with Crippen molar-refractivity contribution >= 4 is 10.9 Å². The van der Waals surface area contributed by atoms with Crippen molar-refractivity contribution in [3.63, 3.8) is 0 Å². The van der Waals surface area contributed by atoms with E-state index in [2.05, 4.69) is 17.1 Å². The molecule has 0 spiro atoms. The van der Waals surface area contributed by atoms with Gasteiger partial charge in [0.1, 0.15) is 17.8 Å². The van der Waals surface area contributed by atoms with E-state index in [9.17, 15) is 10.5 Å². The highest BCUT2D eigenvalue weighted by Crippen LogP contribution is 2.31. The third-order valence-corrected chi connectivity index (χ3v) is 3.17. The van der Waals surface area contributed by atoms with Crippen molar-refractivity contribution in [3.8, 4) is 23.3 Å². The number of aromatic nitrogens is 1. The summed E-state index contributed by atoms with van der Waals surface area (Å²) in [6, 6.07) is 21.1. The molecule has 0 aliphatic rings. The molecule has 0 unspecified atom stereocenters. The van der Waals surface area contributed by atoms with E-state index in [0.29, 0.717) is 16.6 Å². The van der Waals surface area contributed by atoms with Gasteiger partial charge in [0.05, 0.1) is 11.1 Å². The SMILES string of the molecule is N#Cc1nc2ccccc2c(C#N)c1-c1ccccc1. The number of benzene rings is 2. The number of nitriles is 2. The third-order valence-electron chi connectivity index (χ3n) is 3.17. The first kappa shape index (κ1) is 11.9. The number of fused-ring (bicyclic) bond motifs is 1. The second kappa shape index (κ2) is 4.84. The van der Waals surface area contributed by atoms with Gasteiger partial charge in [0.25, 0.3) is 0 Å². The van der Waals surface area contributed by atoms with Crippen molar-refractivity contribution < 1.29 is 0 Å². The Bertz CT molecular complexity index is 868. The van der Waals surface area contributed by atoms with Crippen LogP contribution in [0.4, 0.5) is 0 Å². The van der Waals surface area contributed by atoms with E-state index < -0.39 is 0 Å². The Labute approximate surface area is 116 Å². The summed E-state index contributed by atoms with van der Waals surface area (Å²) in [5.74, 6) is 0. The molecule has 0 N–H and O–H groups in total. The van der Waals surface area contributed by atoms with Crippen LogP contribution in [-0.2, 0) is 0 Å². The Morgan fingerprint density at radius 3 is 2.20 bits per heavy atom. The van der Waals surface area contributed by atoms with Crippen molar-refractivity contribution in [3.05, 3.63) is 65.9 Å². The Morgan fingerprint density at radius 1 is 0.800 bits per heavy atom. The van der Waals surface area contributed by atoms with Gasteiger partial charge in [-0.25, -0.2) is 4.98 Å². The molecule has 0 amide bonds. The molecular weight excluding hydrogens is 246 g/mol. The number of hydrogen-bond donors (Lipinski definition) is 0. The van der Waals surface area contributed by atoms with E-state index in [-0.39, 0.29) is 5.69 Å². The summed E-state index contributed by atoms with van der Waals surface area (Å²) >= 11 is 0. The molecule has 20 heavy (non-hydrogen) atoms. The molecule has 0 aliphatic heterocycles. The maximum Gasteiger partial charge on any atom is 0.150 e. The lowest BCUT2D eigenvalue weighted by Crippen LogP contribution is -1.96. The lowest BCUT2D eigenvalue weighted by Gasteiger charge is -2.09. The summed E-state index contributed by atoms with van der Waals surface area (Å²) in [6.45, 7) is 0. The van der Waals surface area contributed by atoms with Crippen LogP contribution in [0.25, 0.3) is 22.0 Å². The van der Waals surface area contributed by atoms with E-state index in [1.165, 1.54) is 0 Å². The lowest BCUT2D eigenvalue weighted by molar-refractivity contribution is 1.31. The average Bonchev–Trinajstić information content (AvgIpc) is 2.53.